The van der Waals surface area contributed by atoms with E-state index in [2.05, 4.69) is 0 Å². The molecular formula is C21H22F3NO2. The highest BCUT2D eigenvalue weighted by Crippen LogP contribution is 2.39. The fourth-order valence-corrected chi connectivity index (χ4v) is 3.85. The molecule has 1 aliphatic rings. The molecule has 0 bridgehead atoms. The van der Waals surface area contributed by atoms with Crippen LogP contribution in [0, 0.1) is 13.8 Å². The Kier molecular flexibility index (Phi) is 5.29. The molecule has 27 heavy (non-hydrogen) atoms. The molecule has 1 aliphatic heterocycles. The third-order valence-corrected chi connectivity index (χ3v) is 5.17. The molecule has 0 aliphatic carbocycles. The van der Waals surface area contributed by atoms with Crippen LogP contribution in [0.25, 0.3) is 0 Å². The van der Waals surface area contributed by atoms with E-state index >= 15 is 0 Å². The topological polar surface area (TPSA) is 40.5 Å². The number of rotatable bonds is 4. The Labute approximate surface area is 156 Å². The smallest absolute Gasteiger partial charge is 0.416 e. The molecule has 3 rings (SSSR count). The summed E-state index contributed by atoms with van der Waals surface area (Å²) in [6, 6.07) is 9.81. The van der Waals surface area contributed by atoms with E-state index in [-0.39, 0.29) is 0 Å². The van der Waals surface area contributed by atoms with Gasteiger partial charge in [-0.3, -0.25) is 9.69 Å². The molecule has 0 aromatic heterocycles. The van der Waals surface area contributed by atoms with Crippen LogP contribution in [0.2, 0.25) is 0 Å². The Morgan fingerprint density at radius 3 is 2.59 bits per heavy atom. The van der Waals surface area contributed by atoms with E-state index in [1.807, 2.05) is 36.9 Å². The Balaban J connectivity index is 2.16. The highest BCUT2D eigenvalue weighted by Gasteiger charge is 2.38. The standard InChI is InChI=1S/C21H22F3NO2/c1-13-8-9-14(2)17(11-13)19(25-10-4-7-18(25)20(26)27)15-5-3-6-16(12-15)21(22,23)24/h3,5-6,8-9,11-12,18-19H,4,7,10H2,1-2H3,(H,26,27). The van der Waals surface area contributed by atoms with E-state index in [9.17, 15) is 23.1 Å². The highest BCUT2D eigenvalue weighted by molar-refractivity contribution is 5.74. The van der Waals surface area contributed by atoms with Gasteiger partial charge in [0.25, 0.3) is 0 Å². The molecule has 1 N–H and O–H groups in total. The molecule has 1 heterocycles. The van der Waals surface area contributed by atoms with Crippen molar-refractivity contribution in [3.63, 3.8) is 0 Å². The van der Waals surface area contributed by atoms with E-state index < -0.39 is 29.8 Å². The summed E-state index contributed by atoms with van der Waals surface area (Å²) >= 11 is 0. The number of aryl methyl sites for hydroxylation is 2. The van der Waals surface area contributed by atoms with E-state index in [1.165, 1.54) is 6.07 Å². The number of hydrogen-bond acceptors (Lipinski definition) is 2. The molecule has 0 spiro atoms. The lowest BCUT2D eigenvalue weighted by molar-refractivity contribution is -0.143. The van der Waals surface area contributed by atoms with Crippen molar-refractivity contribution in [2.75, 3.05) is 6.54 Å². The maximum absolute atomic E-state index is 13.3. The number of hydrogen-bond donors (Lipinski definition) is 1. The van der Waals surface area contributed by atoms with Crippen LogP contribution in [0.5, 0.6) is 0 Å². The molecule has 1 saturated heterocycles. The summed E-state index contributed by atoms with van der Waals surface area (Å²) in [6.45, 7) is 4.36. The van der Waals surface area contributed by atoms with E-state index in [0.717, 1.165) is 28.8 Å². The zero-order chi connectivity index (χ0) is 19.8. The van der Waals surface area contributed by atoms with Gasteiger partial charge < -0.3 is 5.11 Å². The second-order valence-corrected chi connectivity index (χ2v) is 7.12. The lowest BCUT2D eigenvalue weighted by Gasteiger charge is -2.33. The molecular weight excluding hydrogens is 355 g/mol. The number of carbonyl (C=O) groups is 1. The highest BCUT2D eigenvalue weighted by atomic mass is 19.4. The fourth-order valence-electron chi connectivity index (χ4n) is 3.85. The summed E-state index contributed by atoms with van der Waals surface area (Å²) in [5, 5.41) is 9.61. The van der Waals surface area contributed by atoms with Crippen molar-refractivity contribution in [3.8, 4) is 0 Å². The first-order valence-electron chi connectivity index (χ1n) is 8.91. The number of benzene rings is 2. The number of aliphatic carboxylic acids is 1. The predicted octanol–water partition coefficient (Wildman–Crippen LogP) is 4.96. The average molecular weight is 377 g/mol. The lowest BCUT2D eigenvalue weighted by atomic mass is 9.91. The van der Waals surface area contributed by atoms with Gasteiger partial charge in [0.15, 0.2) is 0 Å². The molecule has 1 fully saturated rings. The minimum atomic E-state index is -4.45. The largest absolute Gasteiger partial charge is 0.480 e. The minimum Gasteiger partial charge on any atom is -0.480 e. The van der Waals surface area contributed by atoms with Gasteiger partial charge >= 0.3 is 12.1 Å². The van der Waals surface area contributed by atoms with Crippen molar-refractivity contribution in [1.82, 2.24) is 4.90 Å². The van der Waals surface area contributed by atoms with Gasteiger partial charge in [-0.1, -0.05) is 35.9 Å². The number of carboxylic acid groups (broad SMARTS) is 1. The molecule has 2 aromatic carbocycles. The monoisotopic (exact) mass is 377 g/mol. The molecule has 0 saturated carbocycles. The maximum Gasteiger partial charge on any atom is 0.416 e. The number of nitrogens with zero attached hydrogens (tertiary/aromatic N) is 1. The molecule has 144 valence electrons. The summed E-state index contributed by atoms with van der Waals surface area (Å²) in [5.74, 6) is -0.935. The summed E-state index contributed by atoms with van der Waals surface area (Å²) in [6.07, 6.45) is -3.24. The Morgan fingerprint density at radius 1 is 1.19 bits per heavy atom. The van der Waals surface area contributed by atoms with Gasteiger partial charge in [0.1, 0.15) is 6.04 Å². The zero-order valence-electron chi connectivity index (χ0n) is 15.3. The summed E-state index contributed by atoms with van der Waals surface area (Å²) in [7, 11) is 0. The molecule has 2 atom stereocenters. The lowest BCUT2D eigenvalue weighted by Crippen LogP contribution is -2.39. The van der Waals surface area contributed by atoms with Crippen LogP contribution in [-0.2, 0) is 11.0 Å². The Bertz CT molecular complexity index is 848. The fraction of sp³-hybridized carbons (Fsp3) is 0.381. The van der Waals surface area contributed by atoms with Gasteiger partial charge in [-0.25, -0.2) is 0 Å². The van der Waals surface area contributed by atoms with Crippen molar-refractivity contribution in [3.05, 3.63) is 70.3 Å². The van der Waals surface area contributed by atoms with Gasteiger partial charge in [0.2, 0.25) is 0 Å². The number of carboxylic acids is 1. The molecule has 2 unspecified atom stereocenters. The van der Waals surface area contributed by atoms with Crippen LogP contribution in [-0.4, -0.2) is 28.6 Å². The van der Waals surface area contributed by atoms with Crippen LogP contribution in [0.3, 0.4) is 0 Å². The quantitative estimate of drug-likeness (QED) is 0.819. The third kappa shape index (κ3) is 4.00. The zero-order valence-corrected chi connectivity index (χ0v) is 15.3. The van der Waals surface area contributed by atoms with Crippen molar-refractivity contribution < 1.29 is 23.1 Å². The molecule has 0 radical (unpaired) electrons. The van der Waals surface area contributed by atoms with Crippen molar-refractivity contribution >= 4 is 5.97 Å². The third-order valence-electron chi connectivity index (χ3n) is 5.17. The van der Waals surface area contributed by atoms with Crippen molar-refractivity contribution in [2.45, 2.75) is 44.9 Å². The van der Waals surface area contributed by atoms with E-state index in [0.29, 0.717) is 24.9 Å². The van der Waals surface area contributed by atoms with Crippen molar-refractivity contribution in [1.29, 1.82) is 0 Å². The Hall–Kier alpha value is -2.34. The second-order valence-electron chi connectivity index (χ2n) is 7.12. The second kappa shape index (κ2) is 7.35. The van der Waals surface area contributed by atoms with Crippen molar-refractivity contribution in [2.24, 2.45) is 0 Å². The average Bonchev–Trinajstić information content (AvgIpc) is 3.07. The first-order chi connectivity index (χ1) is 12.7. The normalized spacial score (nSPS) is 19.2. The SMILES string of the molecule is Cc1ccc(C)c(C(c2cccc(C(F)(F)F)c2)N2CCCC2C(=O)O)c1. The first-order valence-corrected chi connectivity index (χ1v) is 8.91. The van der Waals surface area contributed by atoms with E-state index in [1.54, 1.807) is 6.07 Å². The maximum atomic E-state index is 13.3. The van der Waals surface area contributed by atoms with Crippen LogP contribution in [0.4, 0.5) is 13.2 Å². The summed E-state index contributed by atoms with van der Waals surface area (Å²) in [4.78, 5) is 13.6. The van der Waals surface area contributed by atoms with Gasteiger partial charge in [0, 0.05) is 6.54 Å². The molecule has 6 heteroatoms. The molecule has 2 aromatic rings. The van der Waals surface area contributed by atoms with Gasteiger partial charge in [-0.2, -0.15) is 13.2 Å². The number of halogens is 3. The van der Waals surface area contributed by atoms with Crippen LogP contribution in [0.1, 0.15) is 46.7 Å². The predicted molar refractivity (Wildman–Crippen MR) is 96.6 cm³/mol. The van der Waals surface area contributed by atoms with E-state index in [4.69, 9.17) is 0 Å². The first kappa shape index (κ1) is 19.4. The van der Waals surface area contributed by atoms with Crippen LogP contribution < -0.4 is 0 Å². The molecule has 0 amide bonds. The van der Waals surface area contributed by atoms with Gasteiger partial charge in [-0.15, -0.1) is 0 Å². The minimum absolute atomic E-state index is 0.465. The number of likely N-dealkylation sites (tertiary alicyclic amines) is 1. The molecule has 3 nitrogen and oxygen atoms in total. The van der Waals surface area contributed by atoms with Crippen LogP contribution >= 0.6 is 0 Å². The van der Waals surface area contributed by atoms with Gasteiger partial charge in [0.05, 0.1) is 11.6 Å². The van der Waals surface area contributed by atoms with Gasteiger partial charge in [-0.05, 0) is 55.5 Å². The number of alkyl halides is 3. The summed E-state index contributed by atoms with van der Waals surface area (Å²) < 4.78 is 39.8. The summed E-state index contributed by atoms with van der Waals surface area (Å²) in [5.41, 5.74) is 2.51. The Morgan fingerprint density at radius 2 is 1.93 bits per heavy atom. The van der Waals surface area contributed by atoms with Crippen LogP contribution in [0.15, 0.2) is 42.5 Å².